The Bertz CT molecular complexity index is 267. The zero-order chi connectivity index (χ0) is 12.1. The fraction of sp³-hybridized carbons (Fsp3) is 1.00. The van der Waals surface area contributed by atoms with Gasteiger partial charge >= 0.3 is 0 Å². The van der Waals surface area contributed by atoms with Gasteiger partial charge in [-0.05, 0) is 24.2 Å². The summed E-state index contributed by atoms with van der Waals surface area (Å²) >= 11 is 0. The van der Waals surface area contributed by atoms with Gasteiger partial charge in [0.1, 0.15) is 9.84 Å². The van der Waals surface area contributed by atoms with Crippen LogP contribution in [-0.2, 0) is 9.84 Å². The molecule has 3 heteroatoms. The lowest BCUT2D eigenvalue weighted by atomic mass is 9.73. The molecule has 0 aliphatic carbocycles. The molecule has 0 aromatic carbocycles. The van der Waals surface area contributed by atoms with Gasteiger partial charge < -0.3 is 0 Å². The van der Waals surface area contributed by atoms with Crippen molar-refractivity contribution in [1.82, 2.24) is 0 Å². The third kappa shape index (κ3) is 6.18. The Morgan fingerprint density at radius 3 is 2.07 bits per heavy atom. The Kier molecular flexibility index (Phi) is 5.86. The molecule has 15 heavy (non-hydrogen) atoms. The van der Waals surface area contributed by atoms with Crippen LogP contribution in [0.15, 0.2) is 0 Å². The van der Waals surface area contributed by atoms with Crippen molar-refractivity contribution in [3.8, 4) is 0 Å². The molecule has 0 heterocycles. The maximum atomic E-state index is 11.2. The summed E-state index contributed by atoms with van der Waals surface area (Å²) in [5.41, 5.74) is 0.180. The lowest BCUT2D eigenvalue weighted by molar-refractivity contribution is 0.186. The van der Waals surface area contributed by atoms with Gasteiger partial charge in [-0.1, -0.05) is 40.5 Å². The second kappa shape index (κ2) is 5.88. The SMILES string of the molecule is CCCC[C@](C)(CCS(C)(=O)=O)C(C)C. The molecule has 0 amide bonds. The van der Waals surface area contributed by atoms with E-state index in [2.05, 4.69) is 27.7 Å². The number of sulfone groups is 1. The summed E-state index contributed by atoms with van der Waals surface area (Å²) in [6, 6.07) is 0. The van der Waals surface area contributed by atoms with Crippen molar-refractivity contribution in [1.29, 1.82) is 0 Å². The first-order valence-corrected chi connectivity index (χ1v) is 7.95. The van der Waals surface area contributed by atoms with E-state index < -0.39 is 9.84 Å². The van der Waals surface area contributed by atoms with Gasteiger partial charge in [0.05, 0.1) is 5.75 Å². The maximum Gasteiger partial charge on any atom is 0.147 e. The molecule has 0 aromatic heterocycles. The van der Waals surface area contributed by atoms with Gasteiger partial charge in [0.15, 0.2) is 0 Å². The summed E-state index contributed by atoms with van der Waals surface area (Å²) in [7, 11) is -2.82. The van der Waals surface area contributed by atoms with Gasteiger partial charge in [-0.3, -0.25) is 0 Å². The van der Waals surface area contributed by atoms with Crippen LogP contribution >= 0.6 is 0 Å². The predicted octanol–water partition coefficient (Wildman–Crippen LogP) is 3.27. The van der Waals surface area contributed by atoms with Crippen molar-refractivity contribution in [2.75, 3.05) is 12.0 Å². The van der Waals surface area contributed by atoms with E-state index in [-0.39, 0.29) is 5.41 Å². The first-order chi connectivity index (χ1) is 6.71. The first kappa shape index (κ1) is 14.9. The molecule has 0 spiro atoms. The van der Waals surface area contributed by atoms with E-state index in [1.165, 1.54) is 19.1 Å². The van der Waals surface area contributed by atoms with Gasteiger partial charge in [0, 0.05) is 6.26 Å². The van der Waals surface area contributed by atoms with Crippen molar-refractivity contribution in [3.63, 3.8) is 0 Å². The average molecular weight is 234 g/mol. The van der Waals surface area contributed by atoms with Crippen LogP contribution in [0.4, 0.5) is 0 Å². The maximum absolute atomic E-state index is 11.2. The van der Waals surface area contributed by atoms with Crippen LogP contribution < -0.4 is 0 Å². The third-order valence-electron chi connectivity index (χ3n) is 3.54. The number of hydrogen-bond donors (Lipinski definition) is 0. The van der Waals surface area contributed by atoms with E-state index in [0.29, 0.717) is 11.7 Å². The van der Waals surface area contributed by atoms with Crippen molar-refractivity contribution >= 4 is 9.84 Å². The van der Waals surface area contributed by atoms with Crippen molar-refractivity contribution < 1.29 is 8.42 Å². The minimum Gasteiger partial charge on any atom is -0.229 e. The number of unbranched alkanes of at least 4 members (excludes halogenated alkanes) is 1. The van der Waals surface area contributed by atoms with Crippen molar-refractivity contribution in [2.45, 2.75) is 53.4 Å². The molecule has 0 aromatic rings. The quantitative estimate of drug-likeness (QED) is 0.677. The molecule has 0 fully saturated rings. The number of hydrogen-bond acceptors (Lipinski definition) is 2. The van der Waals surface area contributed by atoms with E-state index in [1.807, 2.05) is 0 Å². The molecule has 0 rings (SSSR count). The Morgan fingerprint density at radius 1 is 1.20 bits per heavy atom. The van der Waals surface area contributed by atoms with Crippen molar-refractivity contribution in [2.24, 2.45) is 11.3 Å². The lowest BCUT2D eigenvalue weighted by Gasteiger charge is -2.33. The van der Waals surface area contributed by atoms with Crippen LogP contribution in [0.3, 0.4) is 0 Å². The Morgan fingerprint density at radius 2 is 1.73 bits per heavy atom. The molecule has 0 bridgehead atoms. The van der Waals surface area contributed by atoms with E-state index >= 15 is 0 Å². The van der Waals surface area contributed by atoms with Crippen LogP contribution in [0.5, 0.6) is 0 Å². The smallest absolute Gasteiger partial charge is 0.147 e. The molecule has 0 N–H and O–H groups in total. The summed E-state index contributed by atoms with van der Waals surface area (Å²) in [6.07, 6.45) is 5.63. The largest absolute Gasteiger partial charge is 0.229 e. The predicted molar refractivity (Wildman–Crippen MR) is 66.8 cm³/mol. The van der Waals surface area contributed by atoms with Crippen LogP contribution in [0.1, 0.15) is 53.4 Å². The summed E-state index contributed by atoms with van der Waals surface area (Å²) in [4.78, 5) is 0. The molecule has 0 aliphatic rings. The Hall–Kier alpha value is -0.0500. The molecular formula is C12H26O2S. The van der Waals surface area contributed by atoms with E-state index in [1.54, 1.807) is 0 Å². The van der Waals surface area contributed by atoms with Crippen LogP contribution in [-0.4, -0.2) is 20.4 Å². The van der Waals surface area contributed by atoms with Crippen LogP contribution in [0, 0.1) is 11.3 Å². The second-order valence-corrected chi connectivity index (χ2v) is 7.55. The van der Waals surface area contributed by atoms with Gasteiger partial charge in [-0.25, -0.2) is 8.42 Å². The van der Waals surface area contributed by atoms with E-state index in [4.69, 9.17) is 0 Å². The molecule has 92 valence electrons. The third-order valence-corrected chi connectivity index (χ3v) is 4.48. The zero-order valence-corrected chi connectivity index (χ0v) is 11.7. The highest BCUT2D eigenvalue weighted by Gasteiger charge is 2.28. The van der Waals surface area contributed by atoms with Crippen LogP contribution in [0.25, 0.3) is 0 Å². The topological polar surface area (TPSA) is 34.1 Å². The average Bonchev–Trinajstić information content (AvgIpc) is 2.10. The summed E-state index contributed by atoms with van der Waals surface area (Å²) in [5.74, 6) is 0.872. The summed E-state index contributed by atoms with van der Waals surface area (Å²) in [5, 5.41) is 0. The van der Waals surface area contributed by atoms with Crippen LogP contribution in [0.2, 0.25) is 0 Å². The highest BCUT2D eigenvalue weighted by molar-refractivity contribution is 7.90. The molecule has 0 unspecified atom stereocenters. The van der Waals surface area contributed by atoms with Gasteiger partial charge in [0.25, 0.3) is 0 Å². The molecule has 0 saturated heterocycles. The Labute approximate surface area is 95.4 Å². The fourth-order valence-electron chi connectivity index (χ4n) is 1.70. The van der Waals surface area contributed by atoms with Gasteiger partial charge in [-0.2, -0.15) is 0 Å². The second-order valence-electron chi connectivity index (χ2n) is 5.29. The van der Waals surface area contributed by atoms with E-state index in [9.17, 15) is 8.42 Å². The van der Waals surface area contributed by atoms with Crippen molar-refractivity contribution in [3.05, 3.63) is 0 Å². The summed E-state index contributed by atoms with van der Waals surface area (Å²) in [6.45, 7) is 8.78. The highest BCUT2D eigenvalue weighted by Crippen LogP contribution is 2.36. The zero-order valence-electron chi connectivity index (χ0n) is 10.8. The van der Waals surface area contributed by atoms with E-state index in [0.717, 1.165) is 12.8 Å². The first-order valence-electron chi connectivity index (χ1n) is 5.89. The standard InChI is InChI=1S/C12H26O2S/c1-6-7-8-12(4,11(2)3)9-10-15(5,13)14/h11H,6-10H2,1-5H3/t12-/m1/s1. The molecule has 2 nitrogen and oxygen atoms in total. The molecule has 0 saturated carbocycles. The molecule has 1 atom stereocenters. The minimum atomic E-state index is -2.82. The normalized spacial score (nSPS) is 16.7. The monoisotopic (exact) mass is 234 g/mol. The molecule has 0 aliphatic heterocycles. The minimum absolute atomic E-state index is 0.180. The highest BCUT2D eigenvalue weighted by atomic mass is 32.2. The Balaban J connectivity index is 4.38. The summed E-state index contributed by atoms with van der Waals surface area (Å²) < 4.78 is 22.3. The van der Waals surface area contributed by atoms with Gasteiger partial charge in [0.2, 0.25) is 0 Å². The fourth-order valence-corrected chi connectivity index (χ4v) is 2.54. The van der Waals surface area contributed by atoms with Gasteiger partial charge in [-0.15, -0.1) is 0 Å². The number of rotatable bonds is 7. The molecular weight excluding hydrogens is 208 g/mol. The lowest BCUT2D eigenvalue weighted by Crippen LogP contribution is -2.26. The molecule has 0 radical (unpaired) electrons.